The van der Waals surface area contributed by atoms with Gasteiger partial charge in [0, 0.05) is 23.4 Å². The fourth-order valence-electron chi connectivity index (χ4n) is 3.54. The molecule has 0 aliphatic heterocycles. The Bertz CT molecular complexity index is 1280. The molecule has 1 heterocycles. The summed E-state index contributed by atoms with van der Waals surface area (Å²) in [5, 5.41) is 2.50. The second-order valence-corrected chi connectivity index (χ2v) is 8.61. The monoisotopic (exact) mass is 456 g/mol. The van der Waals surface area contributed by atoms with Crippen molar-refractivity contribution >= 4 is 33.8 Å². The lowest BCUT2D eigenvalue weighted by atomic mass is 10.0. The van der Waals surface area contributed by atoms with Crippen molar-refractivity contribution in [1.29, 1.82) is 0 Å². The topological polar surface area (TPSA) is 59.5 Å². The van der Waals surface area contributed by atoms with E-state index in [1.165, 1.54) is 18.3 Å². The Hall–Kier alpha value is -3.77. The summed E-state index contributed by atoms with van der Waals surface area (Å²) in [5.74, 6) is 0.524. The van der Waals surface area contributed by atoms with E-state index in [0.29, 0.717) is 22.0 Å². The first-order chi connectivity index (χ1) is 15.9. The van der Waals surface area contributed by atoms with Crippen molar-refractivity contribution in [2.24, 2.45) is 0 Å². The lowest BCUT2D eigenvalue weighted by molar-refractivity contribution is -0.115. The van der Waals surface area contributed by atoms with E-state index in [4.69, 9.17) is 4.74 Å². The van der Waals surface area contributed by atoms with Gasteiger partial charge in [-0.15, -0.1) is 11.3 Å². The number of thiazole rings is 1. The molecular formula is C27H24N2O3S. The smallest absolute Gasteiger partial charge is 0.230 e. The molecular weight excluding hydrogens is 432 g/mol. The van der Waals surface area contributed by atoms with E-state index in [1.807, 2.05) is 49.6 Å². The average Bonchev–Trinajstić information content (AvgIpc) is 3.28. The molecule has 0 aliphatic carbocycles. The second kappa shape index (κ2) is 9.79. The molecule has 0 bridgehead atoms. The summed E-state index contributed by atoms with van der Waals surface area (Å²) in [6, 6.07) is 22.2. The number of benzene rings is 3. The molecule has 0 atom stereocenters. The molecule has 5 nitrogen and oxygen atoms in total. The Morgan fingerprint density at radius 2 is 1.64 bits per heavy atom. The van der Waals surface area contributed by atoms with Crippen LogP contribution in [0.3, 0.4) is 0 Å². The van der Waals surface area contributed by atoms with E-state index in [-0.39, 0.29) is 18.3 Å². The lowest BCUT2D eigenvalue weighted by Gasteiger charge is -2.20. The van der Waals surface area contributed by atoms with Crippen LogP contribution < -0.4 is 9.64 Å². The number of aromatic nitrogens is 1. The fourth-order valence-corrected chi connectivity index (χ4v) is 4.41. The van der Waals surface area contributed by atoms with Crippen LogP contribution in [-0.4, -0.2) is 16.7 Å². The Labute approximate surface area is 197 Å². The van der Waals surface area contributed by atoms with Crippen LogP contribution in [0.2, 0.25) is 0 Å². The maximum Gasteiger partial charge on any atom is 0.230 e. The molecule has 1 aromatic heterocycles. The van der Waals surface area contributed by atoms with Crippen molar-refractivity contribution in [2.45, 2.75) is 27.4 Å². The van der Waals surface area contributed by atoms with Crippen LogP contribution in [0, 0.1) is 13.8 Å². The third-order valence-electron chi connectivity index (χ3n) is 5.18. The number of amides is 1. The third-order valence-corrected chi connectivity index (χ3v) is 6.05. The molecule has 166 valence electrons. The highest BCUT2D eigenvalue weighted by atomic mass is 32.1. The Kier molecular flexibility index (Phi) is 6.66. The number of anilines is 2. The summed E-state index contributed by atoms with van der Waals surface area (Å²) >= 11 is 1.40. The Morgan fingerprint density at radius 1 is 0.939 bits per heavy atom. The summed E-state index contributed by atoms with van der Waals surface area (Å²) in [6.45, 7) is 5.82. The molecule has 0 N–H and O–H groups in total. The first-order valence-corrected chi connectivity index (χ1v) is 11.5. The molecule has 3 aromatic carbocycles. The minimum Gasteiger partial charge on any atom is -0.487 e. The van der Waals surface area contributed by atoms with Crippen molar-refractivity contribution in [1.82, 2.24) is 4.98 Å². The van der Waals surface area contributed by atoms with Gasteiger partial charge >= 0.3 is 0 Å². The van der Waals surface area contributed by atoms with Crippen LogP contribution in [-0.2, 0) is 11.4 Å². The molecule has 0 fully saturated rings. The molecule has 6 heteroatoms. The molecule has 0 spiro atoms. The molecule has 1 amide bonds. The normalized spacial score (nSPS) is 10.6. The zero-order valence-corrected chi connectivity index (χ0v) is 19.6. The molecule has 0 aliphatic rings. The van der Waals surface area contributed by atoms with Gasteiger partial charge in [-0.1, -0.05) is 48.0 Å². The highest BCUT2D eigenvalue weighted by Gasteiger charge is 2.20. The van der Waals surface area contributed by atoms with Gasteiger partial charge in [-0.2, -0.15) is 0 Å². The molecule has 0 radical (unpaired) electrons. The van der Waals surface area contributed by atoms with Crippen molar-refractivity contribution in [2.75, 3.05) is 4.90 Å². The number of rotatable bonds is 7. The van der Waals surface area contributed by atoms with E-state index in [1.54, 1.807) is 41.3 Å². The predicted octanol–water partition coefficient (Wildman–Crippen LogP) is 6.25. The van der Waals surface area contributed by atoms with Crippen molar-refractivity contribution < 1.29 is 14.3 Å². The van der Waals surface area contributed by atoms with Crippen LogP contribution in [0.25, 0.3) is 0 Å². The first kappa shape index (κ1) is 22.4. The number of nitrogens with zero attached hydrogens (tertiary/aromatic N) is 2. The number of aryl methyl sites for hydroxylation is 2. The highest BCUT2D eigenvalue weighted by molar-refractivity contribution is 7.14. The Balaban J connectivity index is 1.44. The third kappa shape index (κ3) is 5.18. The van der Waals surface area contributed by atoms with Crippen molar-refractivity contribution in [3.8, 4) is 5.75 Å². The zero-order chi connectivity index (χ0) is 23.4. The SMILES string of the molecule is CC(=O)N(c1nc(COc2ccc(C(=O)c3ccccc3)cc2)cs1)c1ccc(C)cc1C. The summed E-state index contributed by atoms with van der Waals surface area (Å²) in [5.41, 5.74) is 4.98. The summed E-state index contributed by atoms with van der Waals surface area (Å²) in [6.07, 6.45) is 0. The van der Waals surface area contributed by atoms with Gasteiger partial charge in [0.1, 0.15) is 12.4 Å². The number of hydrogen-bond donors (Lipinski definition) is 0. The van der Waals surface area contributed by atoms with Crippen LogP contribution in [0.1, 0.15) is 39.7 Å². The number of hydrogen-bond acceptors (Lipinski definition) is 5. The van der Waals surface area contributed by atoms with Gasteiger partial charge in [-0.3, -0.25) is 14.5 Å². The van der Waals surface area contributed by atoms with Gasteiger partial charge in [0.05, 0.1) is 11.4 Å². The predicted molar refractivity (Wildman–Crippen MR) is 131 cm³/mol. The standard InChI is InChI=1S/C27H24N2O3S/c1-18-9-14-25(19(2)15-18)29(20(3)30)27-28-23(17-33-27)16-32-24-12-10-22(11-13-24)26(31)21-7-5-4-6-8-21/h4-15,17H,16H2,1-3H3. The van der Waals surface area contributed by atoms with Crippen LogP contribution in [0.4, 0.5) is 10.8 Å². The first-order valence-electron chi connectivity index (χ1n) is 10.6. The number of carbonyl (C=O) groups excluding carboxylic acids is 2. The number of ketones is 1. The fraction of sp³-hybridized carbons (Fsp3) is 0.148. The minimum absolute atomic E-state index is 0.0259. The summed E-state index contributed by atoms with van der Waals surface area (Å²) in [4.78, 5) is 31.2. The van der Waals surface area contributed by atoms with Gasteiger partial charge in [0.2, 0.25) is 5.91 Å². The molecule has 33 heavy (non-hydrogen) atoms. The summed E-state index contributed by atoms with van der Waals surface area (Å²) < 4.78 is 5.86. The van der Waals surface area contributed by atoms with E-state index < -0.39 is 0 Å². The van der Waals surface area contributed by atoms with E-state index in [2.05, 4.69) is 11.1 Å². The van der Waals surface area contributed by atoms with E-state index >= 15 is 0 Å². The minimum atomic E-state index is -0.0950. The quantitative estimate of drug-likeness (QED) is 0.308. The van der Waals surface area contributed by atoms with Gasteiger partial charge in [-0.25, -0.2) is 4.98 Å². The van der Waals surface area contributed by atoms with Gasteiger partial charge in [-0.05, 0) is 49.7 Å². The second-order valence-electron chi connectivity index (χ2n) is 7.77. The Morgan fingerprint density at radius 3 is 2.30 bits per heavy atom. The number of carbonyl (C=O) groups is 2. The molecule has 0 saturated heterocycles. The molecule has 4 rings (SSSR count). The van der Waals surface area contributed by atoms with Gasteiger partial charge in [0.25, 0.3) is 0 Å². The largest absolute Gasteiger partial charge is 0.487 e. The van der Waals surface area contributed by atoms with E-state index in [9.17, 15) is 9.59 Å². The molecule has 0 saturated carbocycles. The van der Waals surface area contributed by atoms with Crippen LogP contribution >= 0.6 is 11.3 Å². The lowest BCUT2D eigenvalue weighted by Crippen LogP contribution is -2.23. The van der Waals surface area contributed by atoms with Crippen LogP contribution in [0.15, 0.2) is 78.2 Å². The maximum atomic E-state index is 12.5. The maximum absolute atomic E-state index is 12.5. The van der Waals surface area contributed by atoms with Crippen molar-refractivity contribution in [3.05, 3.63) is 106 Å². The zero-order valence-electron chi connectivity index (χ0n) is 18.7. The number of ether oxygens (including phenoxy) is 1. The average molecular weight is 457 g/mol. The van der Waals surface area contributed by atoms with E-state index in [0.717, 1.165) is 22.5 Å². The highest BCUT2D eigenvalue weighted by Crippen LogP contribution is 2.32. The van der Waals surface area contributed by atoms with Crippen molar-refractivity contribution in [3.63, 3.8) is 0 Å². The van der Waals surface area contributed by atoms with Crippen LogP contribution in [0.5, 0.6) is 5.75 Å². The van der Waals surface area contributed by atoms with Gasteiger partial charge < -0.3 is 4.74 Å². The molecule has 0 unspecified atom stereocenters. The molecule has 4 aromatic rings. The summed E-state index contributed by atoms with van der Waals surface area (Å²) in [7, 11) is 0. The van der Waals surface area contributed by atoms with Gasteiger partial charge in [0.15, 0.2) is 10.9 Å².